The largest absolute Gasteiger partial charge is 0.213 e. The molecule has 0 aliphatic carbocycles. The van der Waals surface area contributed by atoms with Gasteiger partial charge in [0.25, 0.3) is 0 Å². The van der Waals surface area contributed by atoms with Gasteiger partial charge in [0.1, 0.15) is 0 Å². The lowest BCUT2D eigenvalue weighted by atomic mass is 10.1. The first-order valence-corrected chi connectivity index (χ1v) is 7.61. The molecule has 15 heavy (non-hydrogen) atoms. The number of alkyl halides is 1. The lowest BCUT2D eigenvalue weighted by molar-refractivity contribution is 0.515. The Bertz CT molecular complexity index is 240. The van der Waals surface area contributed by atoms with Gasteiger partial charge in [-0.05, 0) is 12.8 Å². The number of hydrogen-bond acceptors (Lipinski definition) is 2. The van der Waals surface area contributed by atoms with Crippen LogP contribution in [0.3, 0.4) is 0 Å². The van der Waals surface area contributed by atoms with Crippen LogP contribution in [0.5, 0.6) is 0 Å². The van der Waals surface area contributed by atoms with E-state index in [0.29, 0.717) is 0 Å². The van der Waals surface area contributed by atoms with Gasteiger partial charge >= 0.3 is 0 Å². The minimum absolute atomic E-state index is 0.273. The third-order valence-corrected chi connectivity index (χ3v) is 4.53. The predicted octanol–water partition coefficient (Wildman–Crippen LogP) is 2.46. The molecule has 0 rings (SSSR count). The standard InChI is InChI=1S/C10H22ClNO2S/c1-12(2)15(13,14)10-8-6-4-3-5-7-9-11/h3-10H2,1-2H3. The van der Waals surface area contributed by atoms with Crippen LogP contribution in [0.25, 0.3) is 0 Å². The fourth-order valence-corrected chi connectivity index (χ4v) is 2.39. The van der Waals surface area contributed by atoms with E-state index in [0.717, 1.165) is 44.4 Å². The fourth-order valence-electron chi connectivity index (χ4n) is 1.27. The maximum absolute atomic E-state index is 11.4. The lowest BCUT2D eigenvalue weighted by Gasteiger charge is -2.10. The molecule has 0 fully saturated rings. The van der Waals surface area contributed by atoms with Crippen molar-refractivity contribution in [3.05, 3.63) is 0 Å². The molecule has 0 aromatic heterocycles. The van der Waals surface area contributed by atoms with Gasteiger partial charge < -0.3 is 0 Å². The molecule has 0 unspecified atom stereocenters. The third-order valence-electron chi connectivity index (χ3n) is 2.34. The Kier molecular flexibility index (Phi) is 8.47. The normalized spacial score (nSPS) is 12.3. The fraction of sp³-hybridized carbons (Fsp3) is 1.00. The molecule has 5 heteroatoms. The van der Waals surface area contributed by atoms with Gasteiger partial charge in [0.2, 0.25) is 10.0 Å². The summed E-state index contributed by atoms with van der Waals surface area (Å²) in [5.74, 6) is 1.00. The van der Waals surface area contributed by atoms with Gasteiger partial charge in [0, 0.05) is 20.0 Å². The molecule has 3 nitrogen and oxygen atoms in total. The molecule has 92 valence electrons. The van der Waals surface area contributed by atoms with Crippen molar-refractivity contribution in [1.82, 2.24) is 4.31 Å². The van der Waals surface area contributed by atoms with Crippen LogP contribution >= 0.6 is 11.6 Å². The maximum Gasteiger partial charge on any atom is 0.213 e. The van der Waals surface area contributed by atoms with Crippen molar-refractivity contribution >= 4 is 21.6 Å². The van der Waals surface area contributed by atoms with Crippen molar-refractivity contribution < 1.29 is 8.42 Å². The molecule has 0 aliphatic rings. The zero-order valence-corrected chi connectivity index (χ0v) is 11.3. The maximum atomic E-state index is 11.4. The van der Waals surface area contributed by atoms with E-state index in [2.05, 4.69) is 0 Å². The predicted molar refractivity (Wildman–Crippen MR) is 65.9 cm³/mol. The first-order valence-electron chi connectivity index (χ1n) is 5.47. The van der Waals surface area contributed by atoms with Crippen LogP contribution in [0.15, 0.2) is 0 Å². The highest BCUT2D eigenvalue weighted by molar-refractivity contribution is 7.89. The van der Waals surface area contributed by atoms with Gasteiger partial charge in [-0.1, -0.05) is 25.7 Å². The van der Waals surface area contributed by atoms with Gasteiger partial charge in [0.05, 0.1) is 5.75 Å². The van der Waals surface area contributed by atoms with E-state index in [1.807, 2.05) is 0 Å². The van der Waals surface area contributed by atoms with Crippen molar-refractivity contribution in [2.24, 2.45) is 0 Å². The smallest absolute Gasteiger partial charge is 0.212 e. The summed E-state index contributed by atoms with van der Waals surface area (Å²) >= 11 is 5.55. The summed E-state index contributed by atoms with van der Waals surface area (Å²) in [6.45, 7) is 0. The Morgan fingerprint density at radius 3 is 1.87 bits per heavy atom. The minimum atomic E-state index is -2.98. The summed E-state index contributed by atoms with van der Waals surface area (Å²) in [6.07, 6.45) is 6.26. The highest BCUT2D eigenvalue weighted by Gasteiger charge is 2.11. The summed E-state index contributed by atoms with van der Waals surface area (Å²) < 4.78 is 24.0. The van der Waals surface area contributed by atoms with E-state index < -0.39 is 10.0 Å². The molecule has 0 aliphatic heterocycles. The van der Waals surface area contributed by atoms with Crippen LogP contribution < -0.4 is 0 Å². The Labute approximate surface area is 98.8 Å². The summed E-state index contributed by atoms with van der Waals surface area (Å²) in [7, 11) is 0.175. The minimum Gasteiger partial charge on any atom is -0.212 e. The van der Waals surface area contributed by atoms with Crippen LogP contribution in [0.1, 0.15) is 38.5 Å². The molecule has 0 saturated heterocycles. The SMILES string of the molecule is CN(C)S(=O)(=O)CCCCCCCCCl. The second-order valence-corrected chi connectivity index (χ2v) is 6.59. The molecule has 0 N–H and O–H groups in total. The van der Waals surface area contributed by atoms with E-state index in [4.69, 9.17) is 11.6 Å². The van der Waals surface area contributed by atoms with E-state index >= 15 is 0 Å². The monoisotopic (exact) mass is 255 g/mol. The van der Waals surface area contributed by atoms with Crippen LogP contribution in [0.4, 0.5) is 0 Å². The van der Waals surface area contributed by atoms with Crippen LogP contribution in [-0.2, 0) is 10.0 Å². The van der Waals surface area contributed by atoms with Crippen molar-refractivity contribution in [3.63, 3.8) is 0 Å². The number of sulfonamides is 1. The van der Waals surface area contributed by atoms with Crippen LogP contribution in [0, 0.1) is 0 Å². The summed E-state index contributed by atoms with van der Waals surface area (Å²) in [5, 5.41) is 0. The van der Waals surface area contributed by atoms with Crippen molar-refractivity contribution in [1.29, 1.82) is 0 Å². The molecule has 0 atom stereocenters. The quantitative estimate of drug-likeness (QED) is 0.469. The Morgan fingerprint density at radius 1 is 0.933 bits per heavy atom. The Morgan fingerprint density at radius 2 is 1.40 bits per heavy atom. The second kappa shape index (κ2) is 8.36. The highest BCUT2D eigenvalue weighted by Crippen LogP contribution is 2.08. The summed E-state index contributed by atoms with van der Waals surface area (Å²) in [5.41, 5.74) is 0. The molecule has 0 aromatic rings. The average molecular weight is 256 g/mol. The van der Waals surface area contributed by atoms with Crippen LogP contribution in [0.2, 0.25) is 0 Å². The average Bonchev–Trinajstić information content (AvgIpc) is 2.16. The molecule has 0 aromatic carbocycles. The Balaban J connectivity index is 3.39. The molecule has 0 bridgehead atoms. The molecular weight excluding hydrogens is 234 g/mol. The lowest BCUT2D eigenvalue weighted by Crippen LogP contribution is -2.24. The topological polar surface area (TPSA) is 37.4 Å². The van der Waals surface area contributed by atoms with Crippen molar-refractivity contribution in [2.75, 3.05) is 25.7 Å². The number of hydrogen-bond donors (Lipinski definition) is 0. The zero-order valence-electron chi connectivity index (χ0n) is 9.71. The van der Waals surface area contributed by atoms with Crippen molar-refractivity contribution in [2.45, 2.75) is 38.5 Å². The van der Waals surface area contributed by atoms with E-state index in [-0.39, 0.29) is 5.75 Å². The first-order chi connectivity index (χ1) is 7.00. The molecule has 0 saturated carbocycles. The van der Waals surface area contributed by atoms with Gasteiger partial charge in [0.15, 0.2) is 0 Å². The summed E-state index contributed by atoms with van der Waals surface area (Å²) in [4.78, 5) is 0. The second-order valence-electron chi connectivity index (χ2n) is 3.91. The highest BCUT2D eigenvalue weighted by atomic mass is 35.5. The summed E-state index contributed by atoms with van der Waals surface area (Å²) in [6, 6.07) is 0. The molecule has 0 amide bonds. The molecule has 0 heterocycles. The van der Waals surface area contributed by atoms with E-state index in [9.17, 15) is 8.42 Å². The van der Waals surface area contributed by atoms with E-state index in [1.54, 1.807) is 14.1 Å². The van der Waals surface area contributed by atoms with Gasteiger partial charge in [-0.2, -0.15) is 0 Å². The molecular formula is C10H22ClNO2S. The van der Waals surface area contributed by atoms with Crippen LogP contribution in [-0.4, -0.2) is 38.5 Å². The van der Waals surface area contributed by atoms with Crippen molar-refractivity contribution in [3.8, 4) is 0 Å². The third kappa shape index (κ3) is 8.05. The van der Waals surface area contributed by atoms with Gasteiger partial charge in [-0.3, -0.25) is 0 Å². The van der Waals surface area contributed by atoms with Gasteiger partial charge in [-0.15, -0.1) is 11.6 Å². The number of halogens is 1. The number of rotatable bonds is 9. The zero-order chi connectivity index (χ0) is 11.7. The van der Waals surface area contributed by atoms with E-state index in [1.165, 1.54) is 4.31 Å². The Hall–Kier alpha value is 0.200. The number of nitrogens with zero attached hydrogens (tertiary/aromatic N) is 1. The number of unbranched alkanes of at least 4 members (excludes halogenated alkanes) is 5. The molecule has 0 radical (unpaired) electrons. The molecule has 0 spiro atoms. The first kappa shape index (κ1) is 15.2. The van der Waals surface area contributed by atoms with Gasteiger partial charge in [-0.25, -0.2) is 12.7 Å².